The van der Waals surface area contributed by atoms with Crippen molar-refractivity contribution in [2.24, 2.45) is 0 Å². The number of carbonyl (C=O) groups excluding carboxylic acids is 1. The zero-order valence-corrected chi connectivity index (χ0v) is 14.4. The van der Waals surface area contributed by atoms with Crippen LogP contribution in [0, 0.1) is 3.57 Å². The predicted octanol–water partition coefficient (Wildman–Crippen LogP) is 4.04. The summed E-state index contributed by atoms with van der Waals surface area (Å²) in [5, 5.41) is 9.62. The number of carbonyl (C=O) groups is 1. The third kappa shape index (κ3) is 3.85. The van der Waals surface area contributed by atoms with Crippen molar-refractivity contribution in [3.8, 4) is 11.1 Å². The highest BCUT2D eigenvalue weighted by Crippen LogP contribution is 2.26. The Labute approximate surface area is 137 Å². The van der Waals surface area contributed by atoms with Crippen molar-refractivity contribution in [2.45, 2.75) is 33.0 Å². The second-order valence-corrected chi connectivity index (χ2v) is 6.94. The maximum Gasteiger partial charge on any atom is 0.418 e. The molecule has 0 aliphatic rings. The third-order valence-corrected chi connectivity index (χ3v) is 3.61. The zero-order valence-electron chi connectivity index (χ0n) is 12.3. The molecule has 0 saturated carbocycles. The van der Waals surface area contributed by atoms with E-state index in [-0.39, 0.29) is 6.61 Å². The summed E-state index contributed by atoms with van der Waals surface area (Å²) in [6.45, 7) is 5.21. The van der Waals surface area contributed by atoms with Gasteiger partial charge in [0.15, 0.2) is 0 Å². The van der Waals surface area contributed by atoms with E-state index < -0.39 is 11.7 Å². The number of rotatable bonds is 2. The molecule has 0 fully saturated rings. The molecule has 4 nitrogen and oxygen atoms in total. The van der Waals surface area contributed by atoms with Crippen LogP contribution in [0.2, 0.25) is 0 Å². The molecule has 0 saturated heterocycles. The van der Waals surface area contributed by atoms with Crippen LogP contribution in [0.4, 0.5) is 4.79 Å². The van der Waals surface area contributed by atoms with Crippen LogP contribution in [-0.2, 0) is 11.3 Å². The largest absolute Gasteiger partial charge is 0.443 e. The van der Waals surface area contributed by atoms with Crippen LogP contribution in [0.15, 0.2) is 36.5 Å². The molecule has 1 N–H and O–H groups in total. The lowest BCUT2D eigenvalue weighted by Crippen LogP contribution is -2.27. The van der Waals surface area contributed by atoms with Gasteiger partial charge in [0.1, 0.15) is 5.60 Å². The number of hydrogen-bond donors (Lipinski definition) is 1. The Morgan fingerprint density at radius 2 is 1.86 bits per heavy atom. The SMILES string of the molecule is CC(C)(C)OC(=O)n1ccc(-c2ccc(I)cc2)c1CO. The van der Waals surface area contributed by atoms with Gasteiger partial charge in [0.25, 0.3) is 0 Å². The van der Waals surface area contributed by atoms with E-state index in [0.717, 1.165) is 14.7 Å². The van der Waals surface area contributed by atoms with Crippen molar-refractivity contribution in [3.63, 3.8) is 0 Å². The fraction of sp³-hybridized carbons (Fsp3) is 0.312. The van der Waals surface area contributed by atoms with Crippen molar-refractivity contribution >= 4 is 28.7 Å². The third-order valence-electron chi connectivity index (χ3n) is 2.89. The van der Waals surface area contributed by atoms with Gasteiger partial charge in [-0.3, -0.25) is 4.57 Å². The minimum absolute atomic E-state index is 0.229. The lowest BCUT2D eigenvalue weighted by Gasteiger charge is -2.20. The maximum atomic E-state index is 12.2. The molecule has 0 unspecified atom stereocenters. The predicted molar refractivity (Wildman–Crippen MR) is 90.1 cm³/mol. The summed E-state index contributed by atoms with van der Waals surface area (Å²) in [6.07, 6.45) is 1.15. The van der Waals surface area contributed by atoms with E-state index >= 15 is 0 Å². The van der Waals surface area contributed by atoms with Crippen LogP contribution in [0.1, 0.15) is 26.5 Å². The molecule has 0 aliphatic carbocycles. The van der Waals surface area contributed by atoms with Gasteiger partial charge in [0, 0.05) is 15.3 Å². The molecule has 112 valence electrons. The summed E-state index contributed by atoms with van der Waals surface area (Å²) in [5.41, 5.74) is 1.75. The molecule has 0 atom stereocenters. The first-order valence-electron chi connectivity index (χ1n) is 6.62. The van der Waals surface area contributed by atoms with E-state index in [1.165, 1.54) is 4.57 Å². The Kier molecular flexibility index (Phi) is 4.73. The van der Waals surface area contributed by atoms with Crippen molar-refractivity contribution in [3.05, 3.63) is 45.8 Å². The second kappa shape index (κ2) is 6.19. The highest BCUT2D eigenvalue weighted by molar-refractivity contribution is 14.1. The quantitative estimate of drug-likeness (QED) is 0.776. The molecule has 0 aliphatic heterocycles. The Balaban J connectivity index is 2.38. The Hall–Kier alpha value is -1.34. The highest BCUT2D eigenvalue weighted by Gasteiger charge is 2.21. The Bertz CT molecular complexity index is 639. The molecule has 0 spiro atoms. The van der Waals surface area contributed by atoms with Crippen molar-refractivity contribution in [2.75, 3.05) is 0 Å². The van der Waals surface area contributed by atoms with E-state index in [2.05, 4.69) is 22.6 Å². The average molecular weight is 399 g/mol. The van der Waals surface area contributed by atoms with Crippen LogP contribution < -0.4 is 0 Å². The molecule has 0 radical (unpaired) electrons. The highest BCUT2D eigenvalue weighted by atomic mass is 127. The van der Waals surface area contributed by atoms with Gasteiger partial charge in [0.05, 0.1) is 12.3 Å². The van der Waals surface area contributed by atoms with Gasteiger partial charge in [-0.05, 0) is 67.1 Å². The topological polar surface area (TPSA) is 51.5 Å². The molecule has 5 heteroatoms. The molecular weight excluding hydrogens is 381 g/mol. The van der Waals surface area contributed by atoms with Crippen molar-refractivity contribution < 1.29 is 14.6 Å². The summed E-state index contributed by atoms with van der Waals surface area (Å²) >= 11 is 2.24. The van der Waals surface area contributed by atoms with Crippen LogP contribution in [-0.4, -0.2) is 21.4 Å². The number of aliphatic hydroxyl groups excluding tert-OH is 1. The van der Waals surface area contributed by atoms with Gasteiger partial charge >= 0.3 is 6.09 Å². The molecule has 1 aromatic carbocycles. The second-order valence-electron chi connectivity index (χ2n) is 5.69. The van der Waals surface area contributed by atoms with Crippen LogP contribution >= 0.6 is 22.6 Å². The number of aliphatic hydroxyl groups is 1. The summed E-state index contributed by atoms with van der Waals surface area (Å²) in [7, 11) is 0. The molecule has 21 heavy (non-hydrogen) atoms. The minimum Gasteiger partial charge on any atom is -0.443 e. The number of aromatic nitrogens is 1. The normalized spacial score (nSPS) is 11.5. The molecule has 0 bridgehead atoms. The minimum atomic E-state index is -0.572. The summed E-state index contributed by atoms with van der Waals surface area (Å²) in [5.74, 6) is 0. The molecule has 1 heterocycles. The van der Waals surface area contributed by atoms with Crippen molar-refractivity contribution in [1.29, 1.82) is 0 Å². The molecule has 0 amide bonds. The van der Waals surface area contributed by atoms with E-state index in [1.807, 2.05) is 51.1 Å². The van der Waals surface area contributed by atoms with Gasteiger partial charge in [-0.1, -0.05) is 12.1 Å². The Morgan fingerprint density at radius 1 is 1.24 bits per heavy atom. The number of nitrogens with zero attached hydrogens (tertiary/aromatic N) is 1. The van der Waals surface area contributed by atoms with E-state index in [9.17, 15) is 9.90 Å². The van der Waals surface area contributed by atoms with E-state index in [1.54, 1.807) is 6.20 Å². The molecule has 1 aromatic heterocycles. The molecule has 2 aromatic rings. The first kappa shape index (κ1) is 16.0. The maximum absolute atomic E-state index is 12.2. The zero-order chi connectivity index (χ0) is 15.6. The van der Waals surface area contributed by atoms with Crippen LogP contribution in [0.5, 0.6) is 0 Å². The average Bonchev–Trinajstić information content (AvgIpc) is 2.81. The van der Waals surface area contributed by atoms with Gasteiger partial charge in [-0.25, -0.2) is 4.79 Å². The fourth-order valence-corrected chi connectivity index (χ4v) is 2.36. The number of ether oxygens (including phenoxy) is 1. The number of hydrogen-bond acceptors (Lipinski definition) is 3. The first-order chi connectivity index (χ1) is 9.81. The monoisotopic (exact) mass is 399 g/mol. The Morgan fingerprint density at radius 3 is 2.38 bits per heavy atom. The smallest absolute Gasteiger partial charge is 0.418 e. The standard InChI is InChI=1S/C16H18INO3/c1-16(2,3)21-15(20)18-9-8-13(14(18)10-19)11-4-6-12(17)7-5-11/h4-9,19H,10H2,1-3H3. The lowest BCUT2D eigenvalue weighted by atomic mass is 10.1. The van der Waals surface area contributed by atoms with Gasteiger partial charge < -0.3 is 9.84 Å². The van der Waals surface area contributed by atoms with Crippen molar-refractivity contribution in [1.82, 2.24) is 4.57 Å². The van der Waals surface area contributed by atoms with Gasteiger partial charge in [-0.2, -0.15) is 0 Å². The first-order valence-corrected chi connectivity index (χ1v) is 7.70. The van der Waals surface area contributed by atoms with Crippen LogP contribution in [0.3, 0.4) is 0 Å². The fourth-order valence-electron chi connectivity index (χ4n) is 2.00. The van der Waals surface area contributed by atoms with Gasteiger partial charge in [0.2, 0.25) is 0 Å². The summed E-state index contributed by atoms with van der Waals surface area (Å²) in [4.78, 5) is 12.2. The van der Waals surface area contributed by atoms with Crippen LogP contribution in [0.25, 0.3) is 11.1 Å². The number of halogens is 1. The molecular formula is C16H18INO3. The van der Waals surface area contributed by atoms with E-state index in [4.69, 9.17) is 4.74 Å². The molecule has 2 rings (SSSR count). The summed E-state index contributed by atoms with van der Waals surface area (Å²) in [6, 6.07) is 9.73. The lowest BCUT2D eigenvalue weighted by molar-refractivity contribution is 0.0526. The number of benzene rings is 1. The van der Waals surface area contributed by atoms with E-state index in [0.29, 0.717) is 5.69 Å². The summed E-state index contributed by atoms with van der Waals surface area (Å²) < 4.78 is 7.84. The van der Waals surface area contributed by atoms with Gasteiger partial charge in [-0.15, -0.1) is 0 Å².